The van der Waals surface area contributed by atoms with Crippen molar-refractivity contribution in [2.24, 2.45) is 7.05 Å². The van der Waals surface area contributed by atoms with Crippen molar-refractivity contribution in [1.82, 2.24) is 4.57 Å². The Morgan fingerprint density at radius 2 is 2.04 bits per heavy atom. The lowest BCUT2D eigenvalue weighted by Gasteiger charge is -2.23. The normalized spacial score (nSPS) is 14.6. The van der Waals surface area contributed by atoms with Crippen LogP contribution in [0.2, 0.25) is 0 Å². The Morgan fingerprint density at radius 3 is 2.70 bits per heavy atom. The number of ether oxygens (including phenoxy) is 1. The number of benzene rings is 1. The average Bonchev–Trinajstić information content (AvgIpc) is 2.96. The van der Waals surface area contributed by atoms with Crippen LogP contribution in [-0.4, -0.2) is 22.2 Å². The van der Waals surface area contributed by atoms with Crippen molar-refractivity contribution in [2.75, 3.05) is 6.61 Å². The molecule has 0 atom stereocenters. The molecule has 1 aromatic heterocycles. The van der Waals surface area contributed by atoms with E-state index in [1.54, 1.807) is 0 Å². The number of rotatable bonds is 6. The summed E-state index contributed by atoms with van der Waals surface area (Å²) in [6.07, 6.45) is 10.0. The molecule has 0 unspecified atom stereocenters. The highest BCUT2D eigenvalue weighted by atomic mass is 127. The molecule has 5 nitrogen and oxygen atoms in total. The molecule has 2 aromatic rings. The summed E-state index contributed by atoms with van der Waals surface area (Å²) in [5, 5.41) is 10.6. The molecule has 1 aliphatic carbocycles. The molecule has 0 aliphatic heterocycles. The second-order valence-corrected chi connectivity index (χ2v) is 7.24. The molecule has 0 spiro atoms. The summed E-state index contributed by atoms with van der Waals surface area (Å²) in [6.45, 7) is 2.99. The van der Waals surface area contributed by atoms with Crippen molar-refractivity contribution >= 4 is 5.97 Å². The summed E-state index contributed by atoms with van der Waals surface area (Å²) in [5.41, 5.74) is 1.66. The number of imidazole rings is 1. The van der Waals surface area contributed by atoms with Gasteiger partial charge in [0.1, 0.15) is 31.3 Å². The number of esters is 1. The zero-order chi connectivity index (χ0) is 18.5. The first-order valence-corrected chi connectivity index (χ1v) is 9.54. The minimum atomic E-state index is -0.296. The van der Waals surface area contributed by atoms with E-state index < -0.39 is 0 Å². The van der Waals surface area contributed by atoms with E-state index in [4.69, 9.17) is 4.74 Å². The van der Waals surface area contributed by atoms with Crippen LogP contribution in [-0.2, 0) is 29.5 Å². The SMILES string of the molecule is Cc1n(CCOC(=O)Cc2cccc(C3CCCCC3)c2O)cc[n+]1C.[I-]. The maximum absolute atomic E-state index is 12.2. The minimum absolute atomic E-state index is 0. The van der Waals surface area contributed by atoms with Gasteiger partial charge in [-0.1, -0.05) is 37.5 Å². The molecule has 1 saturated carbocycles. The summed E-state index contributed by atoms with van der Waals surface area (Å²) < 4.78 is 9.45. The number of hydrogen-bond donors (Lipinski definition) is 1. The van der Waals surface area contributed by atoms with Gasteiger partial charge < -0.3 is 33.8 Å². The first-order valence-electron chi connectivity index (χ1n) is 9.54. The lowest BCUT2D eigenvalue weighted by atomic mass is 9.83. The van der Waals surface area contributed by atoms with E-state index in [1.807, 2.05) is 49.1 Å². The van der Waals surface area contributed by atoms with Crippen molar-refractivity contribution in [1.29, 1.82) is 0 Å². The van der Waals surface area contributed by atoms with Gasteiger partial charge in [-0.05, 0) is 24.3 Å². The van der Waals surface area contributed by atoms with Crippen LogP contribution in [0.1, 0.15) is 55.0 Å². The number of carbonyl (C=O) groups excluding carboxylic acids is 1. The van der Waals surface area contributed by atoms with E-state index in [9.17, 15) is 9.90 Å². The quantitative estimate of drug-likeness (QED) is 0.362. The Kier molecular flexibility index (Phi) is 8.13. The molecular weight excluding hydrogens is 455 g/mol. The molecule has 27 heavy (non-hydrogen) atoms. The Hall–Kier alpha value is -1.57. The summed E-state index contributed by atoms with van der Waals surface area (Å²) in [5.74, 6) is 1.51. The van der Waals surface area contributed by atoms with Gasteiger partial charge in [-0.25, -0.2) is 9.13 Å². The first-order chi connectivity index (χ1) is 12.6. The molecule has 1 fully saturated rings. The molecule has 1 heterocycles. The number of aromatic hydroxyl groups is 1. The highest BCUT2D eigenvalue weighted by molar-refractivity contribution is 5.73. The number of phenols is 1. The van der Waals surface area contributed by atoms with Gasteiger partial charge in [0.15, 0.2) is 0 Å². The van der Waals surface area contributed by atoms with Gasteiger partial charge in [-0.2, -0.15) is 0 Å². The molecule has 6 heteroatoms. The van der Waals surface area contributed by atoms with Crippen LogP contribution in [0, 0.1) is 6.92 Å². The smallest absolute Gasteiger partial charge is 0.310 e. The van der Waals surface area contributed by atoms with Crippen LogP contribution in [0.15, 0.2) is 30.6 Å². The maximum Gasteiger partial charge on any atom is 0.310 e. The fourth-order valence-corrected chi connectivity index (χ4v) is 3.80. The first kappa shape index (κ1) is 21.7. The van der Waals surface area contributed by atoms with Gasteiger partial charge in [-0.15, -0.1) is 0 Å². The van der Waals surface area contributed by atoms with E-state index in [1.165, 1.54) is 19.3 Å². The van der Waals surface area contributed by atoms with Crippen molar-refractivity contribution in [2.45, 2.75) is 57.9 Å². The molecule has 0 bridgehead atoms. The van der Waals surface area contributed by atoms with E-state index in [-0.39, 0.29) is 42.1 Å². The minimum Gasteiger partial charge on any atom is -1.00 e. The lowest BCUT2D eigenvalue weighted by molar-refractivity contribution is -0.677. The summed E-state index contributed by atoms with van der Waals surface area (Å²) in [6, 6.07) is 5.75. The highest BCUT2D eigenvalue weighted by Crippen LogP contribution is 2.38. The molecule has 1 N–H and O–H groups in total. The third-order valence-electron chi connectivity index (χ3n) is 5.52. The van der Waals surface area contributed by atoms with E-state index in [0.717, 1.165) is 24.2 Å². The molecule has 1 aromatic carbocycles. The summed E-state index contributed by atoms with van der Waals surface area (Å²) >= 11 is 0. The number of carbonyl (C=O) groups is 1. The fourth-order valence-electron chi connectivity index (χ4n) is 3.80. The number of halogens is 1. The molecule has 0 radical (unpaired) electrons. The van der Waals surface area contributed by atoms with Crippen molar-refractivity contribution < 1.29 is 43.2 Å². The molecular formula is C21H29IN2O3. The van der Waals surface area contributed by atoms with Gasteiger partial charge in [0.25, 0.3) is 5.82 Å². The monoisotopic (exact) mass is 484 g/mol. The Bertz CT molecular complexity index is 767. The van der Waals surface area contributed by atoms with Crippen LogP contribution in [0.5, 0.6) is 5.75 Å². The second-order valence-electron chi connectivity index (χ2n) is 7.24. The highest BCUT2D eigenvalue weighted by Gasteiger charge is 2.21. The number of aromatic nitrogens is 2. The zero-order valence-corrected chi connectivity index (χ0v) is 18.3. The van der Waals surface area contributed by atoms with Gasteiger partial charge in [0.05, 0.1) is 13.5 Å². The Balaban J connectivity index is 0.00000261. The van der Waals surface area contributed by atoms with Gasteiger partial charge in [0.2, 0.25) is 0 Å². The Morgan fingerprint density at radius 1 is 1.30 bits per heavy atom. The predicted molar refractivity (Wildman–Crippen MR) is 98.9 cm³/mol. The van der Waals surface area contributed by atoms with E-state index in [2.05, 4.69) is 4.57 Å². The number of nitrogens with zero attached hydrogens (tertiary/aromatic N) is 2. The predicted octanol–water partition coefficient (Wildman–Crippen LogP) is 0.164. The fraction of sp³-hybridized carbons (Fsp3) is 0.524. The lowest BCUT2D eigenvalue weighted by Crippen LogP contribution is -3.00. The average molecular weight is 484 g/mol. The zero-order valence-electron chi connectivity index (χ0n) is 16.2. The van der Waals surface area contributed by atoms with Crippen LogP contribution in [0.4, 0.5) is 0 Å². The van der Waals surface area contributed by atoms with Gasteiger partial charge >= 0.3 is 5.97 Å². The summed E-state index contributed by atoms with van der Waals surface area (Å²) in [7, 11) is 1.99. The van der Waals surface area contributed by atoms with Crippen LogP contribution < -0.4 is 28.5 Å². The third-order valence-corrected chi connectivity index (χ3v) is 5.52. The summed E-state index contributed by atoms with van der Waals surface area (Å²) in [4.78, 5) is 12.2. The van der Waals surface area contributed by atoms with Gasteiger partial charge in [-0.3, -0.25) is 4.79 Å². The van der Waals surface area contributed by atoms with Crippen LogP contribution >= 0.6 is 0 Å². The molecule has 148 valence electrons. The molecule has 1 aliphatic rings. The number of aryl methyl sites for hydroxylation is 1. The topological polar surface area (TPSA) is 55.3 Å². The van der Waals surface area contributed by atoms with E-state index >= 15 is 0 Å². The van der Waals surface area contributed by atoms with Crippen molar-refractivity contribution in [3.63, 3.8) is 0 Å². The third kappa shape index (κ3) is 5.46. The number of hydrogen-bond acceptors (Lipinski definition) is 3. The second kappa shape index (κ2) is 10.1. The maximum atomic E-state index is 12.2. The largest absolute Gasteiger partial charge is 1.00 e. The molecule has 3 rings (SSSR count). The molecule has 0 amide bonds. The van der Waals surface area contributed by atoms with Gasteiger partial charge in [0, 0.05) is 12.5 Å². The molecule has 0 saturated heterocycles. The number of para-hydroxylation sites is 1. The van der Waals surface area contributed by atoms with Crippen molar-refractivity contribution in [3.8, 4) is 5.75 Å². The Labute approximate surface area is 178 Å². The van der Waals surface area contributed by atoms with Crippen LogP contribution in [0.3, 0.4) is 0 Å². The van der Waals surface area contributed by atoms with Crippen LogP contribution in [0.25, 0.3) is 0 Å². The van der Waals surface area contributed by atoms with E-state index in [0.29, 0.717) is 24.6 Å². The van der Waals surface area contributed by atoms with Crippen molar-refractivity contribution in [3.05, 3.63) is 47.5 Å². The standard InChI is InChI=1S/C21H28N2O3.HI/c1-16-22(2)11-12-23(16)13-14-26-20(24)15-18-9-6-10-19(21(18)25)17-7-4-3-5-8-17;/h6,9-12,17H,3-5,7-8,13-15H2,1-2H3;1H. The number of phenolic OH excluding ortho intramolecular Hbond substituents is 1.